The number of aromatic nitrogens is 2. The topological polar surface area (TPSA) is 46.1 Å². The molecular weight excluding hydrogens is 154 g/mol. The molecule has 0 radical (unpaired) electrons. The maximum Gasteiger partial charge on any atom is 0.229 e. The monoisotopic (exact) mass is 165 g/mol. The number of hydrogen-bond donors (Lipinski definition) is 0. The Morgan fingerprint density at radius 2 is 2.00 bits per heavy atom. The summed E-state index contributed by atoms with van der Waals surface area (Å²) in [6.45, 7) is 0. The number of likely N-dealkylation sites (N-methyl/N-ethyl adjacent to an activating group) is 1. The molecule has 0 aliphatic heterocycles. The molecule has 0 saturated carbocycles. The highest BCUT2D eigenvalue weighted by Crippen LogP contribution is 1.91. The molecule has 64 valence electrons. The van der Waals surface area contributed by atoms with Crippen molar-refractivity contribution in [3.8, 4) is 0 Å². The number of nitrogens with zero attached hydrogens (tertiary/aromatic N) is 3. The van der Waals surface area contributed by atoms with E-state index in [1.807, 2.05) is 0 Å². The number of hydrogen-bond acceptors (Lipinski definition) is 3. The fourth-order valence-corrected chi connectivity index (χ4v) is 0.715. The van der Waals surface area contributed by atoms with Crippen LogP contribution in [0.5, 0.6) is 0 Å². The van der Waals surface area contributed by atoms with Crippen LogP contribution in [0.25, 0.3) is 0 Å². The summed E-state index contributed by atoms with van der Waals surface area (Å²) in [7, 11) is 3.43. The van der Waals surface area contributed by atoms with E-state index in [1.165, 1.54) is 4.90 Å². The molecule has 1 rings (SSSR count). The first-order valence-corrected chi connectivity index (χ1v) is 3.66. The lowest BCUT2D eigenvalue weighted by Gasteiger charge is -2.08. The average molecular weight is 165 g/mol. The molecule has 1 amide bonds. The van der Waals surface area contributed by atoms with Crippen LogP contribution in [0.3, 0.4) is 0 Å². The second-order valence-electron chi connectivity index (χ2n) is 2.63. The Kier molecular flexibility index (Phi) is 2.74. The fourth-order valence-electron chi connectivity index (χ4n) is 0.715. The minimum atomic E-state index is 0.0150. The lowest BCUT2D eigenvalue weighted by molar-refractivity contribution is -0.128. The number of carbonyl (C=O) groups excluding carboxylic acids is 1. The maximum absolute atomic E-state index is 11.2. The fraction of sp³-hybridized carbons (Fsp3) is 0.375. The second kappa shape index (κ2) is 3.80. The second-order valence-corrected chi connectivity index (χ2v) is 2.63. The van der Waals surface area contributed by atoms with Gasteiger partial charge in [0.2, 0.25) is 5.91 Å². The molecule has 1 heterocycles. The third-order valence-electron chi connectivity index (χ3n) is 1.43. The summed E-state index contributed by atoms with van der Waals surface area (Å²) in [5.74, 6) is 0.581. The summed E-state index contributed by atoms with van der Waals surface area (Å²) in [6.07, 6.45) is 3.53. The highest BCUT2D eigenvalue weighted by molar-refractivity contribution is 5.77. The largest absolute Gasteiger partial charge is 0.348 e. The third kappa shape index (κ3) is 2.30. The Balaban J connectivity index is 2.59. The summed E-state index contributed by atoms with van der Waals surface area (Å²) in [5, 5.41) is 0. The maximum atomic E-state index is 11.2. The normalized spacial score (nSPS) is 9.50. The highest BCUT2D eigenvalue weighted by atomic mass is 16.2. The first-order valence-electron chi connectivity index (χ1n) is 3.66. The van der Waals surface area contributed by atoms with Crippen LogP contribution in [0.1, 0.15) is 5.82 Å². The van der Waals surface area contributed by atoms with E-state index in [1.54, 1.807) is 32.6 Å². The van der Waals surface area contributed by atoms with Gasteiger partial charge in [0.1, 0.15) is 5.82 Å². The van der Waals surface area contributed by atoms with Crippen LogP contribution in [0.4, 0.5) is 0 Å². The molecule has 0 atom stereocenters. The van der Waals surface area contributed by atoms with E-state index in [0.29, 0.717) is 5.82 Å². The zero-order chi connectivity index (χ0) is 8.97. The Bertz CT molecular complexity index is 258. The van der Waals surface area contributed by atoms with E-state index >= 15 is 0 Å². The first-order chi connectivity index (χ1) is 5.70. The minimum absolute atomic E-state index is 0.0150. The molecule has 4 heteroatoms. The van der Waals surface area contributed by atoms with Crippen LogP contribution in [-0.4, -0.2) is 34.9 Å². The molecule has 0 spiro atoms. The van der Waals surface area contributed by atoms with Gasteiger partial charge in [-0.15, -0.1) is 0 Å². The Morgan fingerprint density at radius 3 is 2.50 bits per heavy atom. The van der Waals surface area contributed by atoms with Crippen molar-refractivity contribution in [2.24, 2.45) is 0 Å². The molecule has 0 unspecified atom stereocenters. The van der Waals surface area contributed by atoms with Gasteiger partial charge in [0.05, 0.1) is 6.42 Å². The van der Waals surface area contributed by atoms with E-state index in [0.717, 1.165) is 0 Å². The van der Waals surface area contributed by atoms with Gasteiger partial charge in [0.15, 0.2) is 0 Å². The SMILES string of the molecule is CN(C)C(=O)Cc1ncccn1. The van der Waals surface area contributed by atoms with E-state index in [4.69, 9.17) is 0 Å². The Morgan fingerprint density at radius 1 is 1.42 bits per heavy atom. The smallest absolute Gasteiger partial charge is 0.229 e. The van der Waals surface area contributed by atoms with Gasteiger partial charge in [0.25, 0.3) is 0 Å². The summed E-state index contributed by atoms with van der Waals surface area (Å²) >= 11 is 0. The van der Waals surface area contributed by atoms with Crippen molar-refractivity contribution in [3.05, 3.63) is 24.3 Å². The van der Waals surface area contributed by atoms with Crippen LogP contribution in [0.15, 0.2) is 18.5 Å². The van der Waals surface area contributed by atoms with Crippen molar-refractivity contribution >= 4 is 5.91 Å². The van der Waals surface area contributed by atoms with E-state index in [2.05, 4.69) is 9.97 Å². The highest BCUT2D eigenvalue weighted by Gasteiger charge is 2.06. The van der Waals surface area contributed by atoms with Gasteiger partial charge in [-0.1, -0.05) is 0 Å². The van der Waals surface area contributed by atoms with Gasteiger partial charge in [-0.3, -0.25) is 4.79 Å². The van der Waals surface area contributed by atoms with Gasteiger partial charge in [-0.2, -0.15) is 0 Å². The van der Waals surface area contributed by atoms with Crippen molar-refractivity contribution in [2.75, 3.05) is 14.1 Å². The van der Waals surface area contributed by atoms with Crippen LogP contribution < -0.4 is 0 Å². The third-order valence-corrected chi connectivity index (χ3v) is 1.43. The molecule has 12 heavy (non-hydrogen) atoms. The zero-order valence-electron chi connectivity index (χ0n) is 7.19. The van der Waals surface area contributed by atoms with Crippen LogP contribution in [0.2, 0.25) is 0 Å². The van der Waals surface area contributed by atoms with Gasteiger partial charge >= 0.3 is 0 Å². The Hall–Kier alpha value is -1.45. The molecule has 0 saturated heterocycles. The van der Waals surface area contributed by atoms with Crippen LogP contribution in [-0.2, 0) is 11.2 Å². The molecule has 0 aromatic carbocycles. The predicted octanol–water partition coefficient (Wildman–Crippen LogP) is 0.107. The zero-order valence-corrected chi connectivity index (χ0v) is 7.19. The molecule has 0 bridgehead atoms. The number of amides is 1. The van der Waals surface area contributed by atoms with Crippen LogP contribution in [0, 0.1) is 0 Å². The molecule has 0 aliphatic rings. The minimum Gasteiger partial charge on any atom is -0.348 e. The molecule has 1 aromatic heterocycles. The molecule has 4 nitrogen and oxygen atoms in total. The predicted molar refractivity (Wildman–Crippen MR) is 44.4 cm³/mol. The Labute approximate surface area is 71.3 Å². The van der Waals surface area contributed by atoms with Crippen molar-refractivity contribution < 1.29 is 4.79 Å². The first kappa shape index (κ1) is 8.64. The average Bonchev–Trinajstić information content (AvgIpc) is 2.06. The van der Waals surface area contributed by atoms with Gasteiger partial charge in [-0.05, 0) is 6.07 Å². The van der Waals surface area contributed by atoms with Crippen molar-refractivity contribution in [3.63, 3.8) is 0 Å². The van der Waals surface area contributed by atoms with Gasteiger partial charge in [0, 0.05) is 26.5 Å². The van der Waals surface area contributed by atoms with Gasteiger partial charge < -0.3 is 4.90 Å². The quantitative estimate of drug-likeness (QED) is 0.624. The van der Waals surface area contributed by atoms with Gasteiger partial charge in [-0.25, -0.2) is 9.97 Å². The summed E-state index contributed by atoms with van der Waals surface area (Å²) in [6, 6.07) is 1.73. The summed E-state index contributed by atoms with van der Waals surface area (Å²) in [4.78, 5) is 20.6. The standard InChI is InChI=1S/C8H11N3O/c1-11(2)8(12)6-7-9-4-3-5-10-7/h3-5H,6H2,1-2H3. The molecular formula is C8H11N3O. The van der Waals surface area contributed by atoms with E-state index in [-0.39, 0.29) is 12.3 Å². The van der Waals surface area contributed by atoms with E-state index in [9.17, 15) is 4.79 Å². The molecule has 0 fully saturated rings. The lowest BCUT2D eigenvalue weighted by atomic mass is 10.3. The van der Waals surface area contributed by atoms with Crippen molar-refractivity contribution in [1.29, 1.82) is 0 Å². The summed E-state index contributed by atoms with van der Waals surface area (Å²) in [5.41, 5.74) is 0. The van der Waals surface area contributed by atoms with Crippen molar-refractivity contribution in [1.82, 2.24) is 14.9 Å². The van der Waals surface area contributed by atoms with E-state index < -0.39 is 0 Å². The van der Waals surface area contributed by atoms with Crippen molar-refractivity contribution in [2.45, 2.75) is 6.42 Å². The molecule has 0 N–H and O–H groups in total. The number of carbonyl (C=O) groups is 1. The number of rotatable bonds is 2. The van der Waals surface area contributed by atoms with Crippen LogP contribution >= 0.6 is 0 Å². The lowest BCUT2D eigenvalue weighted by Crippen LogP contribution is -2.24. The summed E-state index contributed by atoms with van der Waals surface area (Å²) < 4.78 is 0. The molecule has 1 aromatic rings. The molecule has 0 aliphatic carbocycles.